The molecule has 1 heterocycles. The van der Waals surface area contributed by atoms with E-state index >= 15 is 0 Å². The van der Waals surface area contributed by atoms with E-state index in [1.165, 1.54) is 0 Å². The summed E-state index contributed by atoms with van der Waals surface area (Å²) in [5, 5.41) is 14.7. The number of nitrogen functional groups attached to an aromatic ring is 1. The van der Waals surface area contributed by atoms with Crippen molar-refractivity contribution < 1.29 is 5.11 Å². The maximum absolute atomic E-state index is 10.4. The topological polar surface area (TPSA) is 64.1 Å². The van der Waals surface area contributed by atoms with E-state index in [0.717, 1.165) is 28.7 Å². The normalized spacial score (nSPS) is 12.6. The van der Waals surface area contributed by atoms with Crippen LogP contribution in [0.3, 0.4) is 0 Å². The first-order chi connectivity index (χ1) is 8.63. The molecule has 18 heavy (non-hydrogen) atoms. The second kappa shape index (κ2) is 5.54. The van der Waals surface area contributed by atoms with Gasteiger partial charge in [0, 0.05) is 12.2 Å². The van der Waals surface area contributed by atoms with Gasteiger partial charge < -0.3 is 10.8 Å². The van der Waals surface area contributed by atoms with E-state index in [4.69, 9.17) is 5.73 Å². The lowest BCUT2D eigenvalue weighted by atomic mass is 10.1. The Balaban J connectivity index is 2.39. The number of aryl methyl sites for hydroxylation is 1. The van der Waals surface area contributed by atoms with Gasteiger partial charge in [0.25, 0.3) is 0 Å². The summed E-state index contributed by atoms with van der Waals surface area (Å²) in [7, 11) is 0. The molecule has 1 atom stereocenters. The van der Waals surface area contributed by atoms with E-state index < -0.39 is 6.10 Å². The first kappa shape index (κ1) is 13.1. The zero-order valence-electron chi connectivity index (χ0n) is 10.2. The Kier molecular flexibility index (Phi) is 4.04. The maximum atomic E-state index is 10.4. The third-order valence-corrected chi connectivity index (χ3v) is 3.37. The monoisotopic (exact) mass is 309 g/mol. The van der Waals surface area contributed by atoms with Gasteiger partial charge in [0.05, 0.1) is 16.4 Å². The highest BCUT2D eigenvalue weighted by atomic mass is 79.9. The van der Waals surface area contributed by atoms with Crippen LogP contribution in [0.5, 0.6) is 0 Å². The Morgan fingerprint density at radius 1 is 1.50 bits per heavy atom. The molecule has 0 saturated heterocycles. The zero-order chi connectivity index (χ0) is 13.1. The lowest BCUT2D eigenvalue weighted by Gasteiger charge is -2.14. The third-order valence-electron chi connectivity index (χ3n) is 2.75. The average molecular weight is 310 g/mol. The van der Waals surface area contributed by atoms with Crippen LogP contribution in [0.25, 0.3) is 0 Å². The number of aliphatic hydroxyl groups is 1. The molecule has 0 radical (unpaired) electrons. The zero-order valence-corrected chi connectivity index (χ0v) is 11.8. The van der Waals surface area contributed by atoms with Crippen LogP contribution in [0, 0.1) is 0 Å². The Labute approximate surface area is 115 Å². The van der Waals surface area contributed by atoms with Gasteiger partial charge in [0.15, 0.2) is 0 Å². The molecule has 0 aliphatic carbocycles. The van der Waals surface area contributed by atoms with E-state index in [1.54, 1.807) is 18.3 Å². The summed E-state index contributed by atoms with van der Waals surface area (Å²) in [5.41, 5.74) is 7.92. The predicted octanol–water partition coefficient (Wildman–Crippen LogP) is 2.72. The van der Waals surface area contributed by atoms with E-state index in [0.29, 0.717) is 5.69 Å². The fourth-order valence-electron chi connectivity index (χ4n) is 1.92. The molecule has 0 bridgehead atoms. The molecule has 4 nitrogen and oxygen atoms in total. The summed E-state index contributed by atoms with van der Waals surface area (Å²) in [6.07, 6.45) is 1.95. The molecule has 0 fully saturated rings. The number of rotatable bonds is 4. The van der Waals surface area contributed by atoms with Gasteiger partial charge in [-0.15, -0.1) is 0 Å². The second-order valence-corrected chi connectivity index (χ2v) is 5.03. The van der Waals surface area contributed by atoms with Crippen LogP contribution in [-0.4, -0.2) is 14.9 Å². The highest BCUT2D eigenvalue weighted by Gasteiger charge is 2.19. The van der Waals surface area contributed by atoms with E-state index in [2.05, 4.69) is 28.0 Å². The predicted molar refractivity (Wildman–Crippen MR) is 75.1 cm³/mol. The van der Waals surface area contributed by atoms with Crippen molar-refractivity contribution in [2.75, 3.05) is 5.73 Å². The lowest BCUT2D eigenvalue weighted by molar-refractivity contribution is 0.206. The molecular weight excluding hydrogens is 294 g/mol. The van der Waals surface area contributed by atoms with Gasteiger partial charge in [-0.3, -0.25) is 4.68 Å². The number of hydrogen-bond donors (Lipinski definition) is 2. The minimum Gasteiger partial charge on any atom is -0.399 e. The van der Waals surface area contributed by atoms with Gasteiger partial charge in [-0.25, -0.2) is 0 Å². The molecule has 1 unspecified atom stereocenters. The van der Waals surface area contributed by atoms with Crippen molar-refractivity contribution in [2.45, 2.75) is 26.0 Å². The average Bonchev–Trinajstić information content (AvgIpc) is 2.70. The van der Waals surface area contributed by atoms with Crippen LogP contribution < -0.4 is 5.73 Å². The molecule has 3 N–H and O–H groups in total. The van der Waals surface area contributed by atoms with Gasteiger partial charge in [0.2, 0.25) is 0 Å². The highest BCUT2D eigenvalue weighted by Crippen LogP contribution is 2.29. The third kappa shape index (κ3) is 2.57. The number of nitrogens with zero attached hydrogens (tertiary/aromatic N) is 2. The molecule has 0 spiro atoms. The highest BCUT2D eigenvalue weighted by molar-refractivity contribution is 9.10. The van der Waals surface area contributed by atoms with Crippen molar-refractivity contribution in [1.82, 2.24) is 9.78 Å². The van der Waals surface area contributed by atoms with Crippen LogP contribution in [-0.2, 0) is 6.54 Å². The standard InChI is InChI=1S/C13H16BrN3O/c1-2-6-17-12(11(14)8-16-17)13(18)9-4-3-5-10(15)7-9/h3-5,7-8,13,18H,2,6,15H2,1H3. The summed E-state index contributed by atoms with van der Waals surface area (Å²) in [5.74, 6) is 0. The number of aromatic nitrogens is 2. The van der Waals surface area contributed by atoms with Gasteiger partial charge >= 0.3 is 0 Å². The SMILES string of the molecule is CCCn1ncc(Br)c1C(O)c1cccc(N)c1. The number of benzene rings is 1. The van der Waals surface area contributed by atoms with Crippen molar-refractivity contribution in [3.63, 3.8) is 0 Å². The molecule has 0 amide bonds. The molecule has 1 aromatic carbocycles. The minimum atomic E-state index is -0.725. The second-order valence-electron chi connectivity index (χ2n) is 4.17. The van der Waals surface area contributed by atoms with Gasteiger partial charge in [-0.1, -0.05) is 19.1 Å². The number of hydrogen-bond acceptors (Lipinski definition) is 3. The Morgan fingerprint density at radius 2 is 2.28 bits per heavy atom. The Hall–Kier alpha value is -1.33. The first-order valence-electron chi connectivity index (χ1n) is 5.88. The van der Waals surface area contributed by atoms with Gasteiger partial charge in [0.1, 0.15) is 6.10 Å². The number of anilines is 1. The molecule has 5 heteroatoms. The fraction of sp³-hybridized carbons (Fsp3) is 0.308. The van der Waals surface area contributed by atoms with Crippen LogP contribution in [0.1, 0.15) is 30.7 Å². The quantitative estimate of drug-likeness (QED) is 0.854. The van der Waals surface area contributed by atoms with E-state index in [9.17, 15) is 5.11 Å². The van der Waals surface area contributed by atoms with Crippen molar-refractivity contribution in [3.8, 4) is 0 Å². The summed E-state index contributed by atoms with van der Waals surface area (Å²) in [6, 6.07) is 7.27. The summed E-state index contributed by atoms with van der Waals surface area (Å²) >= 11 is 3.43. The summed E-state index contributed by atoms with van der Waals surface area (Å²) in [4.78, 5) is 0. The smallest absolute Gasteiger partial charge is 0.122 e. The first-order valence-corrected chi connectivity index (χ1v) is 6.67. The van der Waals surface area contributed by atoms with Gasteiger partial charge in [-0.2, -0.15) is 5.10 Å². The van der Waals surface area contributed by atoms with Crippen molar-refractivity contribution >= 4 is 21.6 Å². The Bertz CT molecular complexity index is 539. The number of halogens is 1. The van der Waals surface area contributed by atoms with Crippen molar-refractivity contribution in [1.29, 1.82) is 0 Å². The number of nitrogens with two attached hydrogens (primary N) is 1. The van der Waals surface area contributed by atoms with Crippen LogP contribution in [0.4, 0.5) is 5.69 Å². The largest absolute Gasteiger partial charge is 0.399 e. The summed E-state index contributed by atoms with van der Waals surface area (Å²) in [6.45, 7) is 2.85. The van der Waals surface area contributed by atoms with E-state index in [1.807, 2.05) is 16.8 Å². The van der Waals surface area contributed by atoms with Gasteiger partial charge in [-0.05, 0) is 40.0 Å². The van der Waals surface area contributed by atoms with Crippen molar-refractivity contribution in [3.05, 3.63) is 46.2 Å². The molecule has 0 aliphatic rings. The molecule has 1 aromatic heterocycles. The molecule has 0 aliphatic heterocycles. The lowest BCUT2D eigenvalue weighted by Crippen LogP contribution is -2.10. The van der Waals surface area contributed by atoms with Crippen molar-refractivity contribution in [2.24, 2.45) is 0 Å². The van der Waals surface area contributed by atoms with Crippen LogP contribution in [0.15, 0.2) is 34.9 Å². The number of aliphatic hydroxyl groups excluding tert-OH is 1. The maximum Gasteiger partial charge on any atom is 0.122 e. The molecule has 2 aromatic rings. The molecule has 96 valence electrons. The van der Waals surface area contributed by atoms with Crippen LogP contribution in [0.2, 0.25) is 0 Å². The van der Waals surface area contributed by atoms with Crippen LogP contribution >= 0.6 is 15.9 Å². The van der Waals surface area contributed by atoms with E-state index in [-0.39, 0.29) is 0 Å². The fourth-order valence-corrected chi connectivity index (χ4v) is 2.43. The molecule has 0 saturated carbocycles. The Morgan fingerprint density at radius 3 is 2.94 bits per heavy atom. The molecule has 2 rings (SSSR count). The summed E-state index contributed by atoms with van der Waals surface area (Å²) < 4.78 is 2.63. The molecular formula is C13H16BrN3O. The minimum absolute atomic E-state index is 0.643.